The summed E-state index contributed by atoms with van der Waals surface area (Å²) in [4.78, 5) is 28.5. The zero-order valence-corrected chi connectivity index (χ0v) is 10.8. The van der Waals surface area contributed by atoms with Crippen LogP contribution in [-0.2, 0) is 9.53 Å². The van der Waals surface area contributed by atoms with E-state index in [4.69, 9.17) is 10.5 Å². The second-order valence-electron chi connectivity index (χ2n) is 4.76. The fourth-order valence-electron chi connectivity index (χ4n) is 2.43. The van der Waals surface area contributed by atoms with Crippen molar-refractivity contribution in [2.24, 2.45) is 5.73 Å². The molecule has 0 aliphatic carbocycles. The Morgan fingerprint density at radius 2 is 2.15 bits per heavy atom. The number of rotatable bonds is 2. The number of amides is 2. The number of primary amides is 1. The van der Waals surface area contributed by atoms with E-state index < -0.39 is 11.9 Å². The third kappa shape index (κ3) is 2.14. The van der Waals surface area contributed by atoms with Crippen molar-refractivity contribution in [2.45, 2.75) is 6.04 Å². The summed E-state index contributed by atoms with van der Waals surface area (Å²) in [5, 5.41) is 0.958. The van der Waals surface area contributed by atoms with Gasteiger partial charge in [-0.1, -0.05) is 18.2 Å². The summed E-state index contributed by atoms with van der Waals surface area (Å²) in [5.74, 6) is -0.775. The number of nitrogens with zero attached hydrogens (tertiary/aromatic N) is 1. The van der Waals surface area contributed by atoms with Crippen molar-refractivity contribution in [1.29, 1.82) is 0 Å². The van der Waals surface area contributed by atoms with E-state index >= 15 is 0 Å². The summed E-state index contributed by atoms with van der Waals surface area (Å²) in [7, 11) is 0. The second-order valence-corrected chi connectivity index (χ2v) is 4.76. The average Bonchev–Trinajstić information content (AvgIpc) is 2.90. The molecule has 2 heterocycles. The fourth-order valence-corrected chi connectivity index (χ4v) is 2.43. The molecule has 1 aromatic heterocycles. The van der Waals surface area contributed by atoms with Crippen molar-refractivity contribution in [2.75, 3.05) is 19.8 Å². The van der Waals surface area contributed by atoms with E-state index in [1.165, 1.54) is 4.90 Å². The van der Waals surface area contributed by atoms with Crippen LogP contribution in [0.25, 0.3) is 10.9 Å². The molecule has 3 N–H and O–H groups in total. The minimum Gasteiger partial charge on any atom is -0.377 e. The number of nitrogens with two attached hydrogens (primary N) is 1. The summed E-state index contributed by atoms with van der Waals surface area (Å²) in [6.07, 6.45) is 0. The maximum absolute atomic E-state index is 12.5. The number of morpholine rings is 1. The molecular formula is C14H15N3O3. The van der Waals surface area contributed by atoms with Gasteiger partial charge in [-0.2, -0.15) is 0 Å². The highest BCUT2D eigenvalue weighted by atomic mass is 16.5. The summed E-state index contributed by atoms with van der Waals surface area (Å²) in [5.41, 5.74) is 6.67. The molecule has 1 fully saturated rings. The number of ether oxygens (including phenoxy) is 1. The van der Waals surface area contributed by atoms with Crippen molar-refractivity contribution in [1.82, 2.24) is 9.88 Å². The minimum atomic E-state index is -0.706. The molecule has 1 atom stereocenters. The lowest BCUT2D eigenvalue weighted by Gasteiger charge is -2.33. The quantitative estimate of drug-likeness (QED) is 0.834. The lowest BCUT2D eigenvalue weighted by Crippen LogP contribution is -2.54. The maximum Gasteiger partial charge on any atom is 0.271 e. The first-order valence-electron chi connectivity index (χ1n) is 6.42. The summed E-state index contributed by atoms with van der Waals surface area (Å²) < 4.78 is 5.21. The molecule has 3 rings (SSSR count). The van der Waals surface area contributed by atoms with Crippen LogP contribution in [0.5, 0.6) is 0 Å². The van der Waals surface area contributed by atoms with Gasteiger partial charge in [0.2, 0.25) is 5.91 Å². The number of benzene rings is 1. The van der Waals surface area contributed by atoms with E-state index in [1.807, 2.05) is 24.3 Å². The Morgan fingerprint density at radius 1 is 1.35 bits per heavy atom. The molecule has 1 aliphatic heterocycles. The van der Waals surface area contributed by atoms with Gasteiger partial charge in [0, 0.05) is 17.4 Å². The Hall–Kier alpha value is -2.34. The summed E-state index contributed by atoms with van der Waals surface area (Å²) in [6.45, 7) is 0.929. The van der Waals surface area contributed by atoms with Crippen LogP contribution in [0.15, 0.2) is 30.3 Å². The van der Waals surface area contributed by atoms with Crippen LogP contribution in [0.2, 0.25) is 0 Å². The third-order valence-electron chi connectivity index (χ3n) is 3.48. The van der Waals surface area contributed by atoms with Crippen molar-refractivity contribution in [3.8, 4) is 0 Å². The molecule has 2 aromatic rings. The Labute approximate surface area is 115 Å². The molecule has 1 aliphatic rings. The zero-order chi connectivity index (χ0) is 14.1. The monoisotopic (exact) mass is 273 g/mol. The van der Waals surface area contributed by atoms with Gasteiger partial charge in [0.25, 0.3) is 5.91 Å². The van der Waals surface area contributed by atoms with Crippen LogP contribution in [0.1, 0.15) is 10.5 Å². The average molecular weight is 273 g/mol. The standard InChI is InChI=1S/C14H15N3O3/c15-13(18)12-8-20-6-5-17(12)14(19)11-7-9-3-1-2-4-10(9)16-11/h1-4,7,12,16H,5-6,8H2,(H2,15,18). The number of aromatic amines is 1. The summed E-state index contributed by atoms with van der Waals surface area (Å²) in [6, 6.07) is 8.71. The van der Waals surface area contributed by atoms with Gasteiger partial charge in [-0.3, -0.25) is 9.59 Å². The van der Waals surface area contributed by atoms with Gasteiger partial charge in [-0.25, -0.2) is 0 Å². The molecule has 1 saturated heterocycles. The number of H-pyrrole nitrogens is 1. The van der Waals surface area contributed by atoms with Gasteiger partial charge in [0.05, 0.1) is 13.2 Å². The topological polar surface area (TPSA) is 88.4 Å². The van der Waals surface area contributed by atoms with Gasteiger partial charge in [-0.15, -0.1) is 0 Å². The SMILES string of the molecule is NC(=O)C1COCCN1C(=O)c1cc2ccccc2[nH]1. The van der Waals surface area contributed by atoms with Gasteiger partial charge < -0.3 is 20.4 Å². The molecule has 6 nitrogen and oxygen atoms in total. The molecule has 1 unspecified atom stereocenters. The molecular weight excluding hydrogens is 258 g/mol. The van der Waals surface area contributed by atoms with Crippen molar-refractivity contribution in [3.63, 3.8) is 0 Å². The van der Waals surface area contributed by atoms with Gasteiger partial charge in [0.15, 0.2) is 0 Å². The third-order valence-corrected chi connectivity index (χ3v) is 3.48. The molecule has 104 valence electrons. The minimum absolute atomic E-state index is 0.154. The number of aromatic nitrogens is 1. The lowest BCUT2D eigenvalue weighted by atomic mass is 10.2. The first kappa shape index (κ1) is 12.7. The van der Waals surface area contributed by atoms with Gasteiger partial charge in [0.1, 0.15) is 11.7 Å². The van der Waals surface area contributed by atoms with Gasteiger partial charge >= 0.3 is 0 Å². The highest BCUT2D eigenvalue weighted by Crippen LogP contribution is 2.18. The van der Waals surface area contributed by atoms with Crippen molar-refractivity contribution in [3.05, 3.63) is 36.0 Å². The Morgan fingerprint density at radius 3 is 2.90 bits per heavy atom. The van der Waals surface area contributed by atoms with Crippen molar-refractivity contribution < 1.29 is 14.3 Å². The highest BCUT2D eigenvalue weighted by molar-refractivity contribution is 6.00. The second kappa shape index (κ2) is 4.97. The molecule has 6 heteroatoms. The first-order valence-corrected chi connectivity index (χ1v) is 6.42. The molecule has 0 radical (unpaired) electrons. The van der Waals surface area contributed by atoms with Crippen LogP contribution in [-0.4, -0.2) is 47.5 Å². The zero-order valence-electron chi connectivity index (χ0n) is 10.8. The van der Waals surface area contributed by atoms with E-state index in [-0.39, 0.29) is 12.5 Å². The number of carbonyl (C=O) groups is 2. The largest absolute Gasteiger partial charge is 0.377 e. The number of hydrogen-bond donors (Lipinski definition) is 2. The van der Waals surface area contributed by atoms with Crippen LogP contribution >= 0.6 is 0 Å². The Bertz CT molecular complexity index is 631. The van der Waals surface area contributed by atoms with E-state index in [1.54, 1.807) is 6.07 Å². The number of para-hydroxylation sites is 1. The van der Waals surface area contributed by atoms with Crippen LogP contribution in [0.4, 0.5) is 0 Å². The Kier molecular flexibility index (Phi) is 3.15. The van der Waals surface area contributed by atoms with Gasteiger partial charge in [-0.05, 0) is 12.1 Å². The number of hydrogen-bond acceptors (Lipinski definition) is 3. The molecule has 0 saturated carbocycles. The number of fused-ring (bicyclic) bond motifs is 1. The fraction of sp³-hybridized carbons (Fsp3) is 0.286. The van der Waals surface area contributed by atoms with Crippen molar-refractivity contribution >= 4 is 22.7 Å². The van der Waals surface area contributed by atoms with Crippen LogP contribution in [0, 0.1) is 0 Å². The van der Waals surface area contributed by atoms with E-state index in [0.717, 1.165) is 10.9 Å². The van der Waals surface area contributed by atoms with Crippen LogP contribution < -0.4 is 5.73 Å². The maximum atomic E-state index is 12.5. The number of nitrogens with one attached hydrogen (secondary N) is 1. The molecule has 0 spiro atoms. The molecule has 20 heavy (non-hydrogen) atoms. The summed E-state index contributed by atoms with van der Waals surface area (Å²) >= 11 is 0. The molecule has 2 amide bonds. The predicted octanol–water partition coefficient (Wildman–Crippen LogP) is 0.494. The predicted molar refractivity (Wildman–Crippen MR) is 73.1 cm³/mol. The van der Waals surface area contributed by atoms with E-state index in [0.29, 0.717) is 18.8 Å². The van der Waals surface area contributed by atoms with E-state index in [2.05, 4.69) is 4.98 Å². The smallest absolute Gasteiger partial charge is 0.271 e. The highest BCUT2D eigenvalue weighted by Gasteiger charge is 2.32. The number of carbonyl (C=O) groups excluding carboxylic acids is 2. The Balaban J connectivity index is 1.92. The first-order chi connectivity index (χ1) is 9.66. The molecule has 0 bridgehead atoms. The lowest BCUT2D eigenvalue weighted by molar-refractivity contribution is -0.127. The molecule has 1 aromatic carbocycles. The normalized spacial score (nSPS) is 19.2. The van der Waals surface area contributed by atoms with E-state index in [9.17, 15) is 9.59 Å². The van der Waals surface area contributed by atoms with Crippen LogP contribution in [0.3, 0.4) is 0 Å².